The summed E-state index contributed by atoms with van der Waals surface area (Å²) in [5.41, 5.74) is 0.478. The van der Waals surface area contributed by atoms with Crippen LogP contribution >= 0.6 is 0 Å². The molecule has 0 bridgehead atoms. The minimum absolute atomic E-state index is 0.384. The lowest BCUT2D eigenvalue weighted by Crippen LogP contribution is -2.47. The van der Waals surface area contributed by atoms with Crippen LogP contribution in [-0.2, 0) is 20.7 Å². The van der Waals surface area contributed by atoms with Gasteiger partial charge in [0.05, 0.1) is 7.11 Å². The molecule has 0 radical (unpaired) electrons. The second-order valence-corrected chi connectivity index (χ2v) is 6.11. The highest BCUT2D eigenvalue weighted by atomic mass is 16.6. The molecule has 1 aromatic rings. The molecule has 0 aliphatic rings. The van der Waals surface area contributed by atoms with Gasteiger partial charge in [-0.15, -0.1) is 0 Å². The molecule has 0 saturated heterocycles. The van der Waals surface area contributed by atoms with Gasteiger partial charge in [0.2, 0.25) is 0 Å². The third-order valence-electron chi connectivity index (χ3n) is 3.12. The van der Waals surface area contributed by atoms with Gasteiger partial charge in [-0.1, -0.05) is 30.3 Å². The van der Waals surface area contributed by atoms with Crippen molar-refractivity contribution in [3.05, 3.63) is 35.9 Å². The summed E-state index contributed by atoms with van der Waals surface area (Å²) in [5, 5.41) is 0. The maximum absolute atomic E-state index is 12.3. The molecule has 1 rings (SSSR count). The molecule has 5 nitrogen and oxygen atoms in total. The van der Waals surface area contributed by atoms with E-state index in [1.807, 2.05) is 30.3 Å². The van der Waals surface area contributed by atoms with E-state index < -0.39 is 23.7 Å². The fraction of sp³-hybridized carbons (Fsp3) is 0.529. The van der Waals surface area contributed by atoms with Gasteiger partial charge >= 0.3 is 12.1 Å². The Labute approximate surface area is 132 Å². The molecule has 0 aromatic heterocycles. The number of esters is 1. The van der Waals surface area contributed by atoms with Crippen LogP contribution < -0.4 is 0 Å². The number of hydrogen-bond donors (Lipinski definition) is 0. The average Bonchev–Trinajstić information content (AvgIpc) is 2.45. The largest absolute Gasteiger partial charge is 0.467 e. The van der Waals surface area contributed by atoms with E-state index in [4.69, 9.17) is 9.47 Å². The predicted octanol–water partition coefficient (Wildman–Crippen LogP) is 3.03. The molecule has 0 heterocycles. The second-order valence-electron chi connectivity index (χ2n) is 6.11. The number of hydrogen-bond acceptors (Lipinski definition) is 4. The molecule has 1 amide bonds. The average molecular weight is 307 g/mol. The lowest BCUT2D eigenvalue weighted by atomic mass is 10.1. The Bertz CT molecular complexity index is 493. The lowest BCUT2D eigenvalue weighted by molar-refractivity contribution is -0.146. The summed E-state index contributed by atoms with van der Waals surface area (Å²) in [5.74, 6) is -0.459. The minimum Gasteiger partial charge on any atom is -0.467 e. The van der Waals surface area contributed by atoms with Gasteiger partial charge in [-0.05, 0) is 39.7 Å². The SMILES string of the molecule is COC(=O)C(C)N(CCc1ccccc1)C(=O)OC(C)(C)C. The summed E-state index contributed by atoms with van der Waals surface area (Å²) in [6.45, 7) is 7.41. The van der Waals surface area contributed by atoms with Gasteiger partial charge in [0, 0.05) is 6.54 Å². The standard InChI is InChI=1S/C17H25NO4/c1-13(15(19)21-5)18(16(20)22-17(2,3)4)12-11-14-9-7-6-8-10-14/h6-10,13H,11-12H2,1-5H3. The van der Waals surface area contributed by atoms with Crippen molar-refractivity contribution >= 4 is 12.1 Å². The Morgan fingerprint density at radius 3 is 2.27 bits per heavy atom. The molecule has 0 spiro atoms. The van der Waals surface area contributed by atoms with Crippen molar-refractivity contribution in [3.63, 3.8) is 0 Å². The van der Waals surface area contributed by atoms with Gasteiger partial charge in [0.25, 0.3) is 0 Å². The summed E-state index contributed by atoms with van der Waals surface area (Å²) in [6, 6.07) is 9.09. The van der Waals surface area contributed by atoms with Crippen molar-refractivity contribution in [1.82, 2.24) is 4.90 Å². The quantitative estimate of drug-likeness (QED) is 0.785. The van der Waals surface area contributed by atoms with Gasteiger partial charge in [0.1, 0.15) is 11.6 Å². The van der Waals surface area contributed by atoms with Crippen molar-refractivity contribution in [2.24, 2.45) is 0 Å². The molecule has 1 atom stereocenters. The molecule has 1 aromatic carbocycles. The Kier molecular flexibility index (Phi) is 6.40. The molecule has 0 fully saturated rings. The molecule has 0 aliphatic carbocycles. The highest BCUT2D eigenvalue weighted by molar-refractivity contribution is 5.81. The third kappa shape index (κ3) is 5.76. The first kappa shape index (κ1) is 18.0. The number of benzene rings is 1. The molecule has 0 aliphatic heterocycles. The zero-order valence-electron chi connectivity index (χ0n) is 14.0. The van der Waals surface area contributed by atoms with E-state index in [1.165, 1.54) is 12.0 Å². The number of rotatable bonds is 5. The van der Waals surface area contributed by atoms with Crippen LogP contribution in [0.1, 0.15) is 33.3 Å². The minimum atomic E-state index is -0.691. The fourth-order valence-electron chi connectivity index (χ4n) is 1.96. The van der Waals surface area contributed by atoms with Crippen LogP contribution in [0.5, 0.6) is 0 Å². The van der Waals surface area contributed by atoms with Crippen molar-refractivity contribution < 1.29 is 19.1 Å². The highest BCUT2D eigenvalue weighted by Gasteiger charge is 2.30. The van der Waals surface area contributed by atoms with Crippen molar-refractivity contribution in [3.8, 4) is 0 Å². The van der Waals surface area contributed by atoms with Crippen LogP contribution in [-0.4, -0.2) is 42.3 Å². The first-order chi connectivity index (χ1) is 10.2. The summed E-state index contributed by atoms with van der Waals surface area (Å²) < 4.78 is 10.1. The fourth-order valence-corrected chi connectivity index (χ4v) is 1.96. The van der Waals surface area contributed by atoms with E-state index in [-0.39, 0.29) is 0 Å². The molecule has 22 heavy (non-hydrogen) atoms. The van der Waals surface area contributed by atoms with Crippen molar-refractivity contribution in [1.29, 1.82) is 0 Å². The van der Waals surface area contributed by atoms with Gasteiger partial charge in [-0.2, -0.15) is 0 Å². The van der Waals surface area contributed by atoms with E-state index in [2.05, 4.69) is 0 Å². The molecular weight excluding hydrogens is 282 g/mol. The molecule has 0 saturated carbocycles. The van der Waals surface area contributed by atoms with Crippen LogP contribution in [0.2, 0.25) is 0 Å². The number of ether oxygens (including phenoxy) is 2. The maximum atomic E-state index is 12.3. The summed E-state index contributed by atoms with van der Waals surface area (Å²) in [6.07, 6.45) is 0.128. The molecule has 0 N–H and O–H groups in total. The number of methoxy groups -OCH3 is 1. The number of nitrogens with zero attached hydrogens (tertiary/aromatic N) is 1. The molecule has 5 heteroatoms. The van der Waals surface area contributed by atoms with Crippen LogP contribution in [0.3, 0.4) is 0 Å². The normalized spacial score (nSPS) is 12.4. The van der Waals surface area contributed by atoms with Crippen molar-refractivity contribution in [2.75, 3.05) is 13.7 Å². The van der Waals surface area contributed by atoms with E-state index in [0.717, 1.165) is 5.56 Å². The molecule has 122 valence electrons. The first-order valence-electron chi connectivity index (χ1n) is 7.36. The van der Waals surface area contributed by atoms with Crippen LogP contribution in [0.25, 0.3) is 0 Å². The van der Waals surface area contributed by atoms with E-state index in [1.54, 1.807) is 27.7 Å². The Morgan fingerprint density at radius 1 is 1.18 bits per heavy atom. The van der Waals surface area contributed by atoms with Crippen molar-refractivity contribution in [2.45, 2.75) is 45.8 Å². The van der Waals surface area contributed by atoms with E-state index in [9.17, 15) is 9.59 Å². The molecular formula is C17H25NO4. The smallest absolute Gasteiger partial charge is 0.411 e. The van der Waals surface area contributed by atoms with Gasteiger partial charge in [0.15, 0.2) is 0 Å². The maximum Gasteiger partial charge on any atom is 0.411 e. The number of carbonyl (C=O) groups is 2. The van der Waals surface area contributed by atoms with Crippen LogP contribution in [0.4, 0.5) is 4.79 Å². The predicted molar refractivity (Wildman–Crippen MR) is 84.6 cm³/mol. The molecule has 1 unspecified atom stereocenters. The lowest BCUT2D eigenvalue weighted by Gasteiger charge is -2.30. The number of carbonyl (C=O) groups excluding carboxylic acids is 2. The Morgan fingerprint density at radius 2 is 1.77 bits per heavy atom. The topological polar surface area (TPSA) is 55.8 Å². The van der Waals surface area contributed by atoms with Crippen LogP contribution in [0.15, 0.2) is 30.3 Å². The van der Waals surface area contributed by atoms with Gasteiger partial charge < -0.3 is 9.47 Å². The van der Waals surface area contributed by atoms with E-state index >= 15 is 0 Å². The third-order valence-corrected chi connectivity index (χ3v) is 3.12. The summed E-state index contributed by atoms with van der Waals surface area (Å²) in [7, 11) is 1.31. The Balaban J connectivity index is 2.81. The van der Waals surface area contributed by atoms with E-state index in [0.29, 0.717) is 13.0 Å². The first-order valence-corrected chi connectivity index (χ1v) is 7.36. The zero-order chi connectivity index (χ0) is 16.8. The van der Waals surface area contributed by atoms with Gasteiger partial charge in [-0.3, -0.25) is 4.90 Å². The summed E-state index contributed by atoms with van der Waals surface area (Å²) in [4.78, 5) is 25.5. The highest BCUT2D eigenvalue weighted by Crippen LogP contribution is 2.14. The number of amides is 1. The second kappa shape index (κ2) is 7.82. The summed E-state index contributed by atoms with van der Waals surface area (Å²) >= 11 is 0. The Hall–Kier alpha value is -2.04. The van der Waals surface area contributed by atoms with Crippen LogP contribution in [0, 0.1) is 0 Å². The zero-order valence-corrected chi connectivity index (χ0v) is 14.0. The van der Waals surface area contributed by atoms with Gasteiger partial charge in [-0.25, -0.2) is 9.59 Å². The monoisotopic (exact) mass is 307 g/mol.